The number of hydrogen-bond donors (Lipinski definition) is 0. The van der Waals surface area contributed by atoms with Crippen molar-refractivity contribution in [3.05, 3.63) is 24.6 Å². The van der Waals surface area contributed by atoms with Crippen molar-refractivity contribution in [2.75, 3.05) is 6.61 Å². The van der Waals surface area contributed by atoms with Gasteiger partial charge in [-0.05, 0) is 19.1 Å². The van der Waals surface area contributed by atoms with Crippen molar-refractivity contribution in [2.24, 2.45) is 9.98 Å². The lowest BCUT2D eigenvalue weighted by molar-refractivity contribution is -0.143. The van der Waals surface area contributed by atoms with Crippen molar-refractivity contribution in [3.63, 3.8) is 0 Å². The average Bonchev–Trinajstić information content (AvgIpc) is 2.29. The molecule has 0 radical (unpaired) electrons. The molecule has 0 spiro atoms. The van der Waals surface area contributed by atoms with Crippen LogP contribution >= 0.6 is 0 Å². The molecule has 1 unspecified atom stereocenters. The number of ether oxygens (including phenoxy) is 1. The van der Waals surface area contributed by atoms with Gasteiger partial charge in [0, 0.05) is 18.6 Å². The highest BCUT2D eigenvalue weighted by atomic mass is 16.5. The molecule has 0 aliphatic carbocycles. The summed E-state index contributed by atoms with van der Waals surface area (Å²) in [5.41, 5.74) is 0. The van der Waals surface area contributed by atoms with Crippen LogP contribution in [-0.4, -0.2) is 35.7 Å². The van der Waals surface area contributed by atoms with E-state index in [-0.39, 0.29) is 5.97 Å². The molecular weight excluding hydrogens is 194 g/mol. The first kappa shape index (κ1) is 9.64. The number of rotatable bonds is 2. The zero-order chi connectivity index (χ0) is 10.7. The number of hydrogen-bond acceptors (Lipinski definition) is 5. The van der Waals surface area contributed by atoms with Crippen LogP contribution in [0.2, 0.25) is 0 Å². The van der Waals surface area contributed by atoms with Crippen LogP contribution in [0.25, 0.3) is 0 Å². The Bertz CT molecular complexity index is 382. The predicted octanol–water partition coefficient (Wildman–Crippen LogP) is 0.702. The van der Waals surface area contributed by atoms with E-state index in [0.29, 0.717) is 12.6 Å². The van der Waals surface area contributed by atoms with Crippen molar-refractivity contribution in [1.82, 2.24) is 4.90 Å². The molecule has 0 aromatic rings. The molecule has 0 saturated carbocycles. The van der Waals surface area contributed by atoms with Gasteiger partial charge in [-0.25, -0.2) is 14.8 Å². The quantitative estimate of drug-likeness (QED) is 0.623. The summed E-state index contributed by atoms with van der Waals surface area (Å²) in [6.07, 6.45) is 8.71. The van der Waals surface area contributed by atoms with Crippen molar-refractivity contribution in [3.8, 4) is 0 Å². The van der Waals surface area contributed by atoms with Gasteiger partial charge in [0.2, 0.25) is 5.96 Å². The molecule has 0 saturated heterocycles. The van der Waals surface area contributed by atoms with Crippen LogP contribution in [0.5, 0.6) is 0 Å². The minimum absolute atomic E-state index is 0.342. The SMILES string of the molecule is CCOC(=O)C1C=CN2C=CC=NC2=N1. The maximum Gasteiger partial charge on any atom is 0.335 e. The lowest BCUT2D eigenvalue weighted by Gasteiger charge is -2.22. The van der Waals surface area contributed by atoms with Gasteiger partial charge in [0.25, 0.3) is 0 Å². The van der Waals surface area contributed by atoms with Crippen LogP contribution in [-0.2, 0) is 9.53 Å². The van der Waals surface area contributed by atoms with E-state index in [1.54, 1.807) is 36.4 Å². The lowest BCUT2D eigenvalue weighted by Crippen LogP contribution is -2.31. The summed E-state index contributed by atoms with van der Waals surface area (Å²) in [7, 11) is 0. The summed E-state index contributed by atoms with van der Waals surface area (Å²) in [4.78, 5) is 21.4. The molecule has 5 nitrogen and oxygen atoms in total. The summed E-state index contributed by atoms with van der Waals surface area (Å²) in [5, 5.41) is 0. The van der Waals surface area contributed by atoms with Crippen LogP contribution in [0.4, 0.5) is 0 Å². The smallest absolute Gasteiger partial charge is 0.335 e. The van der Waals surface area contributed by atoms with Crippen molar-refractivity contribution >= 4 is 18.1 Å². The summed E-state index contributed by atoms with van der Waals surface area (Å²) in [6.45, 7) is 2.13. The van der Waals surface area contributed by atoms with E-state index in [4.69, 9.17) is 4.74 Å². The zero-order valence-electron chi connectivity index (χ0n) is 8.33. The van der Waals surface area contributed by atoms with Gasteiger partial charge in [-0.15, -0.1) is 0 Å². The second-order valence-corrected chi connectivity index (χ2v) is 2.99. The Hall–Kier alpha value is -1.91. The standard InChI is InChI=1S/C10H11N3O2/c1-2-15-9(14)8-4-7-13-6-3-5-11-10(13)12-8/h3-8H,2H2,1H3. The first-order valence-electron chi connectivity index (χ1n) is 4.73. The highest BCUT2D eigenvalue weighted by Crippen LogP contribution is 2.11. The van der Waals surface area contributed by atoms with Crippen LogP contribution in [0.15, 0.2) is 34.5 Å². The van der Waals surface area contributed by atoms with E-state index in [1.165, 1.54) is 0 Å². The van der Waals surface area contributed by atoms with Crippen molar-refractivity contribution in [2.45, 2.75) is 13.0 Å². The van der Waals surface area contributed by atoms with E-state index >= 15 is 0 Å². The molecule has 1 atom stereocenters. The number of aliphatic imine (C=N–C) groups is 2. The maximum atomic E-state index is 11.4. The molecule has 0 fully saturated rings. The van der Waals surface area contributed by atoms with E-state index in [9.17, 15) is 4.79 Å². The molecule has 0 aromatic heterocycles. The van der Waals surface area contributed by atoms with Gasteiger partial charge in [-0.1, -0.05) is 0 Å². The zero-order valence-corrected chi connectivity index (χ0v) is 8.33. The van der Waals surface area contributed by atoms with E-state index in [0.717, 1.165) is 0 Å². The Morgan fingerprint density at radius 3 is 3.27 bits per heavy atom. The third kappa shape index (κ3) is 1.96. The van der Waals surface area contributed by atoms with Gasteiger partial charge in [0.1, 0.15) is 0 Å². The Kier molecular flexibility index (Phi) is 2.62. The Balaban J connectivity index is 2.13. The molecule has 15 heavy (non-hydrogen) atoms. The molecule has 2 heterocycles. The predicted molar refractivity (Wildman–Crippen MR) is 56.5 cm³/mol. The lowest BCUT2D eigenvalue weighted by atomic mass is 10.2. The van der Waals surface area contributed by atoms with Gasteiger partial charge >= 0.3 is 5.97 Å². The van der Waals surface area contributed by atoms with E-state index in [1.807, 2.05) is 6.20 Å². The molecule has 2 aliphatic heterocycles. The molecule has 0 amide bonds. The molecule has 0 aromatic carbocycles. The third-order valence-electron chi connectivity index (χ3n) is 1.97. The molecule has 5 heteroatoms. The van der Waals surface area contributed by atoms with Crippen molar-refractivity contribution < 1.29 is 9.53 Å². The fourth-order valence-electron chi connectivity index (χ4n) is 1.29. The summed E-state index contributed by atoms with van der Waals surface area (Å²) in [5.74, 6) is 0.170. The molecule has 2 rings (SSSR count). The van der Waals surface area contributed by atoms with Crippen LogP contribution in [0, 0.1) is 0 Å². The third-order valence-corrected chi connectivity index (χ3v) is 1.97. The van der Waals surface area contributed by atoms with Crippen LogP contribution in [0.1, 0.15) is 6.92 Å². The number of allylic oxidation sites excluding steroid dienone is 1. The van der Waals surface area contributed by atoms with Gasteiger partial charge in [0.05, 0.1) is 6.61 Å². The van der Waals surface area contributed by atoms with Crippen molar-refractivity contribution in [1.29, 1.82) is 0 Å². The molecular formula is C10H11N3O2. The number of esters is 1. The summed E-state index contributed by atoms with van der Waals surface area (Å²) < 4.78 is 4.88. The summed E-state index contributed by atoms with van der Waals surface area (Å²) in [6, 6.07) is -0.570. The van der Waals surface area contributed by atoms with Crippen LogP contribution < -0.4 is 0 Å². The second kappa shape index (κ2) is 4.08. The monoisotopic (exact) mass is 205 g/mol. The fourth-order valence-corrected chi connectivity index (χ4v) is 1.29. The first-order chi connectivity index (χ1) is 7.31. The topological polar surface area (TPSA) is 54.3 Å². The number of carbonyl (C=O) groups is 1. The molecule has 78 valence electrons. The van der Waals surface area contributed by atoms with E-state index in [2.05, 4.69) is 9.98 Å². The normalized spacial score (nSPS) is 22.3. The highest BCUT2D eigenvalue weighted by molar-refractivity contribution is 5.97. The first-order valence-corrected chi connectivity index (χ1v) is 4.73. The van der Waals surface area contributed by atoms with Gasteiger partial charge in [-0.2, -0.15) is 0 Å². The molecule has 0 bridgehead atoms. The highest BCUT2D eigenvalue weighted by Gasteiger charge is 2.22. The fraction of sp³-hybridized carbons (Fsp3) is 0.300. The largest absolute Gasteiger partial charge is 0.464 e. The molecule has 2 aliphatic rings. The Labute approximate surface area is 87.5 Å². The Morgan fingerprint density at radius 1 is 1.60 bits per heavy atom. The van der Waals surface area contributed by atoms with E-state index < -0.39 is 6.04 Å². The summed E-state index contributed by atoms with van der Waals surface area (Å²) >= 11 is 0. The molecule has 0 N–H and O–H groups in total. The Morgan fingerprint density at radius 2 is 2.47 bits per heavy atom. The maximum absolute atomic E-state index is 11.4. The minimum atomic E-state index is -0.570. The minimum Gasteiger partial charge on any atom is -0.464 e. The average molecular weight is 205 g/mol. The van der Waals surface area contributed by atoms with Crippen LogP contribution in [0.3, 0.4) is 0 Å². The number of fused-ring (bicyclic) bond motifs is 1. The van der Waals surface area contributed by atoms with Gasteiger partial charge in [0.15, 0.2) is 6.04 Å². The van der Waals surface area contributed by atoms with Gasteiger partial charge < -0.3 is 4.74 Å². The number of guanidine groups is 1. The number of carbonyl (C=O) groups excluding carboxylic acids is 1. The number of nitrogens with zero attached hydrogens (tertiary/aromatic N) is 3. The van der Waals surface area contributed by atoms with Gasteiger partial charge in [-0.3, -0.25) is 4.90 Å². The second-order valence-electron chi connectivity index (χ2n) is 2.99.